The van der Waals surface area contributed by atoms with Crippen LogP contribution in [0.5, 0.6) is 0 Å². The van der Waals surface area contributed by atoms with Crippen LogP contribution in [0.15, 0.2) is 71.1 Å². The molecular weight excluding hydrogens is 394 g/mol. The standard InChI is InChI=1S/C21H20ClN3O2S/c1-3-12-25-20(27)17-6-4-5-7-18(17)23-21(25)28-14-19(26)24(2)13-15-8-10-16(22)11-9-15/h3-11H,1,12-14H2,2H3. The number of hydrogen-bond donors (Lipinski definition) is 0. The van der Waals surface area contributed by atoms with Gasteiger partial charge in [0.25, 0.3) is 5.56 Å². The summed E-state index contributed by atoms with van der Waals surface area (Å²) in [5, 5.41) is 1.73. The first-order chi connectivity index (χ1) is 13.5. The Morgan fingerprint density at radius 2 is 1.96 bits per heavy atom. The molecule has 1 aromatic heterocycles. The van der Waals surface area contributed by atoms with Crippen LogP contribution in [0, 0.1) is 0 Å². The normalized spacial score (nSPS) is 10.8. The molecular formula is C21H20ClN3O2S. The Labute approximate surface area is 172 Å². The van der Waals surface area contributed by atoms with E-state index >= 15 is 0 Å². The Bertz CT molecular complexity index is 1060. The molecule has 28 heavy (non-hydrogen) atoms. The predicted molar refractivity (Wildman–Crippen MR) is 115 cm³/mol. The maximum atomic E-state index is 12.7. The van der Waals surface area contributed by atoms with Gasteiger partial charge in [0.05, 0.1) is 16.7 Å². The maximum Gasteiger partial charge on any atom is 0.262 e. The van der Waals surface area contributed by atoms with Gasteiger partial charge < -0.3 is 4.90 Å². The van der Waals surface area contributed by atoms with Crippen molar-refractivity contribution in [3.63, 3.8) is 0 Å². The summed E-state index contributed by atoms with van der Waals surface area (Å²) >= 11 is 7.15. The van der Waals surface area contributed by atoms with Crippen LogP contribution >= 0.6 is 23.4 Å². The first kappa shape index (κ1) is 20.2. The highest BCUT2D eigenvalue weighted by atomic mass is 35.5. The highest BCUT2D eigenvalue weighted by molar-refractivity contribution is 7.99. The molecule has 0 aliphatic carbocycles. The van der Waals surface area contributed by atoms with Crippen molar-refractivity contribution < 1.29 is 4.79 Å². The second-order valence-corrected chi connectivity index (χ2v) is 7.66. The minimum absolute atomic E-state index is 0.0486. The summed E-state index contributed by atoms with van der Waals surface area (Å²) in [7, 11) is 1.75. The molecule has 0 aliphatic rings. The molecule has 0 unspecified atom stereocenters. The van der Waals surface area contributed by atoms with Crippen molar-refractivity contribution in [2.24, 2.45) is 0 Å². The van der Waals surface area contributed by atoms with Crippen LogP contribution < -0.4 is 5.56 Å². The van der Waals surface area contributed by atoms with Crippen LogP contribution in [0.1, 0.15) is 5.56 Å². The molecule has 2 aromatic carbocycles. The largest absolute Gasteiger partial charge is 0.341 e. The Morgan fingerprint density at radius 1 is 1.25 bits per heavy atom. The van der Waals surface area contributed by atoms with Crippen LogP contribution in [0.4, 0.5) is 0 Å². The molecule has 0 saturated heterocycles. The average Bonchev–Trinajstić information content (AvgIpc) is 2.70. The van der Waals surface area contributed by atoms with Crippen LogP contribution in [-0.4, -0.2) is 33.2 Å². The predicted octanol–water partition coefficient (Wildman–Crippen LogP) is 3.99. The van der Waals surface area contributed by atoms with Gasteiger partial charge in [-0.05, 0) is 29.8 Å². The Kier molecular flexibility index (Phi) is 6.54. The number of carbonyl (C=O) groups excluding carboxylic acids is 1. The number of para-hydroxylation sites is 1. The van der Waals surface area contributed by atoms with E-state index in [1.165, 1.54) is 11.8 Å². The first-order valence-corrected chi connectivity index (χ1v) is 10.1. The van der Waals surface area contributed by atoms with Crippen LogP contribution in [0.25, 0.3) is 10.9 Å². The summed E-state index contributed by atoms with van der Waals surface area (Å²) in [5.41, 5.74) is 1.49. The van der Waals surface area contributed by atoms with Gasteiger partial charge in [-0.15, -0.1) is 6.58 Å². The summed E-state index contributed by atoms with van der Waals surface area (Å²) in [4.78, 5) is 31.5. The third-order valence-electron chi connectivity index (χ3n) is 4.22. The fraction of sp³-hybridized carbons (Fsp3) is 0.190. The van der Waals surface area contributed by atoms with E-state index in [1.54, 1.807) is 46.9 Å². The number of fused-ring (bicyclic) bond motifs is 1. The molecule has 1 amide bonds. The highest BCUT2D eigenvalue weighted by Gasteiger charge is 2.15. The molecule has 0 radical (unpaired) electrons. The Morgan fingerprint density at radius 3 is 2.68 bits per heavy atom. The number of hydrogen-bond acceptors (Lipinski definition) is 4. The molecule has 0 N–H and O–H groups in total. The van der Waals surface area contributed by atoms with Gasteiger partial charge in [-0.3, -0.25) is 14.2 Å². The smallest absolute Gasteiger partial charge is 0.262 e. The first-order valence-electron chi connectivity index (χ1n) is 8.71. The Balaban J connectivity index is 1.75. The van der Waals surface area contributed by atoms with E-state index in [0.717, 1.165) is 5.56 Å². The van der Waals surface area contributed by atoms with Crippen LogP contribution in [-0.2, 0) is 17.9 Å². The number of carbonyl (C=O) groups is 1. The van der Waals surface area contributed by atoms with Crippen molar-refractivity contribution in [3.8, 4) is 0 Å². The molecule has 144 valence electrons. The minimum atomic E-state index is -0.130. The number of amides is 1. The third kappa shape index (κ3) is 4.64. The fourth-order valence-electron chi connectivity index (χ4n) is 2.74. The minimum Gasteiger partial charge on any atom is -0.341 e. The third-order valence-corrected chi connectivity index (χ3v) is 5.43. The van der Waals surface area contributed by atoms with E-state index in [-0.39, 0.29) is 17.2 Å². The van der Waals surface area contributed by atoms with Gasteiger partial charge in [-0.2, -0.15) is 0 Å². The molecule has 0 atom stereocenters. The van der Waals surface area contributed by atoms with Crippen molar-refractivity contribution in [3.05, 3.63) is 82.1 Å². The number of benzene rings is 2. The number of nitrogens with zero attached hydrogens (tertiary/aromatic N) is 3. The summed E-state index contributed by atoms with van der Waals surface area (Å²) < 4.78 is 1.55. The van der Waals surface area contributed by atoms with Gasteiger partial charge in [0.1, 0.15) is 0 Å². The van der Waals surface area contributed by atoms with Gasteiger partial charge in [0, 0.05) is 25.2 Å². The van der Waals surface area contributed by atoms with Crippen molar-refractivity contribution in [1.82, 2.24) is 14.5 Å². The maximum absolute atomic E-state index is 12.7. The zero-order chi connectivity index (χ0) is 20.1. The fourth-order valence-corrected chi connectivity index (χ4v) is 3.81. The van der Waals surface area contributed by atoms with Crippen molar-refractivity contribution in [1.29, 1.82) is 0 Å². The molecule has 5 nitrogen and oxygen atoms in total. The monoisotopic (exact) mass is 413 g/mol. The topological polar surface area (TPSA) is 55.2 Å². The quantitative estimate of drug-likeness (QED) is 0.334. The molecule has 0 bridgehead atoms. The van der Waals surface area contributed by atoms with Gasteiger partial charge >= 0.3 is 0 Å². The van der Waals surface area contributed by atoms with E-state index in [9.17, 15) is 9.59 Å². The van der Waals surface area contributed by atoms with E-state index in [0.29, 0.717) is 34.2 Å². The van der Waals surface area contributed by atoms with Crippen molar-refractivity contribution in [2.75, 3.05) is 12.8 Å². The summed E-state index contributed by atoms with van der Waals surface area (Å²) in [5.74, 6) is 0.138. The van der Waals surface area contributed by atoms with Gasteiger partial charge in [-0.25, -0.2) is 4.98 Å². The molecule has 0 fully saturated rings. The molecule has 3 aromatic rings. The number of halogens is 1. The summed E-state index contributed by atoms with van der Waals surface area (Å²) in [6.07, 6.45) is 1.65. The lowest BCUT2D eigenvalue weighted by Crippen LogP contribution is -2.28. The average molecular weight is 414 g/mol. The molecule has 7 heteroatoms. The lowest BCUT2D eigenvalue weighted by Gasteiger charge is -2.18. The Hall–Kier alpha value is -2.57. The van der Waals surface area contributed by atoms with Crippen LogP contribution in [0.2, 0.25) is 5.02 Å². The van der Waals surface area contributed by atoms with Crippen molar-refractivity contribution in [2.45, 2.75) is 18.2 Å². The van der Waals surface area contributed by atoms with Gasteiger partial charge in [0.15, 0.2) is 5.16 Å². The molecule has 0 aliphatic heterocycles. The summed E-state index contributed by atoms with van der Waals surface area (Å²) in [6.45, 7) is 4.54. The summed E-state index contributed by atoms with van der Waals surface area (Å²) in [6, 6.07) is 14.6. The molecule has 0 spiro atoms. The van der Waals surface area contributed by atoms with E-state index in [2.05, 4.69) is 11.6 Å². The zero-order valence-electron chi connectivity index (χ0n) is 15.5. The van der Waals surface area contributed by atoms with Crippen molar-refractivity contribution >= 4 is 40.2 Å². The SMILES string of the molecule is C=CCn1c(SCC(=O)N(C)Cc2ccc(Cl)cc2)nc2ccccc2c1=O. The molecule has 0 saturated carbocycles. The van der Waals surface area contributed by atoms with E-state index in [1.807, 2.05) is 24.3 Å². The lowest BCUT2D eigenvalue weighted by molar-refractivity contribution is -0.127. The zero-order valence-corrected chi connectivity index (χ0v) is 17.0. The number of allylic oxidation sites excluding steroid dienone is 1. The van der Waals surface area contributed by atoms with Gasteiger partial charge in [-0.1, -0.05) is 53.7 Å². The van der Waals surface area contributed by atoms with E-state index in [4.69, 9.17) is 11.6 Å². The molecule has 1 heterocycles. The molecule has 3 rings (SSSR count). The van der Waals surface area contributed by atoms with Gasteiger partial charge in [0.2, 0.25) is 5.91 Å². The second-order valence-electron chi connectivity index (χ2n) is 6.28. The van der Waals surface area contributed by atoms with E-state index < -0.39 is 0 Å². The number of rotatable bonds is 7. The lowest BCUT2D eigenvalue weighted by atomic mass is 10.2. The number of thioether (sulfide) groups is 1. The number of aromatic nitrogens is 2. The van der Waals surface area contributed by atoms with Crippen LogP contribution in [0.3, 0.4) is 0 Å². The second kappa shape index (κ2) is 9.08. The highest BCUT2D eigenvalue weighted by Crippen LogP contribution is 2.19.